The van der Waals surface area contributed by atoms with Crippen molar-refractivity contribution in [3.05, 3.63) is 49.1 Å². The van der Waals surface area contributed by atoms with E-state index in [0.29, 0.717) is 0 Å². The lowest BCUT2D eigenvalue weighted by Gasteiger charge is -2.36. The lowest BCUT2D eigenvalue weighted by Crippen LogP contribution is -2.44. The van der Waals surface area contributed by atoms with E-state index in [1.165, 1.54) is 44.1 Å². The van der Waals surface area contributed by atoms with E-state index in [-0.39, 0.29) is 5.92 Å². The second-order valence-electron chi connectivity index (χ2n) is 6.49. The van der Waals surface area contributed by atoms with Gasteiger partial charge in [-0.05, 0) is 24.8 Å². The van der Waals surface area contributed by atoms with Crippen molar-refractivity contribution in [2.24, 2.45) is 5.92 Å². The number of methoxy groups -OCH3 is 3. The van der Waals surface area contributed by atoms with Gasteiger partial charge in [-0.3, -0.25) is 0 Å². The van der Waals surface area contributed by atoms with Gasteiger partial charge in [0.25, 0.3) is 5.97 Å². The van der Waals surface area contributed by atoms with Crippen LogP contribution in [0.15, 0.2) is 43.5 Å². The average molecular weight is 365 g/mol. The van der Waals surface area contributed by atoms with Gasteiger partial charge in [0.05, 0.1) is 0 Å². The lowest BCUT2D eigenvalue weighted by molar-refractivity contribution is -0.380. The fourth-order valence-corrected chi connectivity index (χ4v) is 3.40. The van der Waals surface area contributed by atoms with Gasteiger partial charge in [0.15, 0.2) is 0 Å². The van der Waals surface area contributed by atoms with E-state index in [0.717, 1.165) is 19.3 Å². The summed E-state index contributed by atoms with van der Waals surface area (Å²) in [5.41, 5.74) is 1.35. The Kier molecular flexibility index (Phi) is 15.3. The maximum absolute atomic E-state index is 5.64. The Bertz CT molecular complexity index is 406. The van der Waals surface area contributed by atoms with Crippen LogP contribution in [0.25, 0.3) is 0 Å². The van der Waals surface area contributed by atoms with E-state index < -0.39 is 5.97 Å². The summed E-state index contributed by atoms with van der Waals surface area (Å²) in [6.07, 6.45) is 10.8. The molecule has 0 N–H and O–H groups in total. The topological polar surface area (TPSA) is 27.7 Å². The zero-order valence-corrected chi connectivity index (χ0v) is 17.5. The summed E-state index contributed by atoms with van der Waals surface area (Å²) in [6.45, 7) is 8.25. The summed E-state index contributed by atoms with van der Waals surface area (Å²) in [6, 6.07) is 10.6. The highest BCUT2D eigenvalue weighted by atomic mass is 16.9. The van der Waals surface area contributed by atoms with Crippen LogP contribution in [0.3, 0.4) is 0 Å². The smallest absolute Gasteiger partial charge is 0.285 e. The molecule has 1 aromatic carbocycles. The third kappa shape index (κ3) is 8.98. The van der Waals surface area contributed by atoms with Gasteiger partial charge in [0.2, 0.25) is 0 Å². The first-order valence-corrected chi connectivity index (χ1v) is 9.91. The van der Waals surface area contributed by atoms with E-state index in [1.807, 2.05) is 0 Å². The molecule has 1 atom stereocenters. The van der Waals surface area contributed by atoms with Gasteiger partial charge < -0.3 is 14.2 Å². The lowest BCUT2D eigenvalue weighted by atomic mass is 9.91. The van der Waals surface area contributed by atoms with Crippen molar-refractivity contribution in [2.45, 2.75) is 70.7 Å². The second-order valence-corrected chi connectivity index (χ2v) is 6.49. The number of unbranched alkanes of at least 4 members (excludes halogenated alkanes) is 5. The van der Waals surface area contributed by atoms with Gasteiger partial charge in [-0.25, -0.2) is 0 Å². The number of hydrogen-bond acceptors (Lipinski definition) is 3. The minimum atomic E-state index is -0.932. The molecule has 3 nitrogen and oxygen atoms in total. The van der Waals surface area contributed by atoms with Crippen molar-refractivity contribution in [3.8, 4) is 0 Å². The number of aryl methyl sites for hydroxylation is 1. The monoisotopic (exact) mass is 364 g/mol. The zero-order chi connectivity index (χ0) is 19.7. The van der Waals surface area contributed by atoms with Crippen LogP contribution in [-0.2, 0) is 20.6 Å². The van der Waals surface area contributed by atoms with Crippen LogP contribution in [0.2, 0.25) is 0 Å². The Balaban J connectivity index is 0.00000301. The molecule has 1 aromatic rings. The van der Waals surface area contributed by atoms with Gasteiger partial charge in [-0.1, -0.05) is 75.8 Å². The van der Waals surface area contributed by atoms with Crippen molar-refractivity contribution < 1.29 is 14.2 Å². The normalized spacial score (nSPS) is 12.3. The molecular weight excluding hydrogens is 324 g/mol. The van der Waals surface area contributed by atoms with Crippen molar-refractivity contribution in [1.82, 2.24) is 0 Å². The van der Waals surface area contributed by atoms with E-state index in [9.17, 15) is 0 Å². The molecule has 0 aromatic heterocycles. The summed E-state index contributed by atoms with van der Waals surface area (Å²) < 4.78 is 16.9. The molecule has 0 radical (unpaired) electrons. The molecule has 0 fully saturated rings. The molecule has 0 saturated carbocycles. The highest BCUT2D eigenvalue weighted by Crippen LogP contribution is 2.32. The quantitative estimate of drug-likeness (QED) is 0.218. The summed E-state index contributed by atoms with van der Waals surface area (Å²) in [7, 11) is 5.01. The summed E-state index contributed by atoms with van der Waals surface area (Å²) >= 11 is 0. The van der Waals surface area contributed by atoms with E-state index in [1.54, 1.807) is 21.3 Å². The highest BCUT2D eigenvalue weighted by Gasteiger charge is 2.39. The van der Waals surface area contributed by atoms with Crippen LogP contribution >= 0.6 is 0 Å². The van der Waals surface area contributed by atoms with Crippen LogP contribution in [-0.4, -0.2) is 27.3 Å². The van der Waals surface area contributed by atoms with Gasteiger partial charge >= 0.3 is 0 Å². The third-order valence-corrected chi connectivity index (χ3v) is 4.88. The van der Waals surface area contributed by atoms with Gasteiger partial charge in [0, 0.05) is 27.2 Å². The fourth-order valence-electron chi connectivity index (χ4n) is 3.40. The molecule has 0 heterocycles. The van der Waals surface area contributed by atoms with Crippen molar-refractivity contribution in [2.75, 3.05) is 21.3 Å². The number of ether oxygens (including phenoxy) is 3. The number of hydrogen-bond donors (Lipinski definition) is 0. The minimum Gasteiger partial charge on any atom is -0.331 e. The molecule has 0 aliphatic carbocycles. The Morgan fingerprint density at radius 3 is 1.88 bits per heavy atom. The second kappa shape index (κ2) is 16.0. The van der Waals surface area contributed by atoms with Gasteiger partial charge in [0.1, 0.15) is 0 Å². The predicted octanol–water partition coefficient (Wildman–Crippen LogP) is 6.38. The Morgan fingerprint density at radius 1 is 0.808 bits per heavy atom. The maximum Gasteiger partial charge on any atom is 0.285 e. The Morgan fingerprint density at radius 2 is 1.35 bits per heavy atom. The zero-order valence-electron chi connectivity index (χ0n) is 17.5. The number of rotatable bonds is 14. The standard InChI is InChI=1S/C21H36O3.C2H4/c1-5-6-7-8-9-13-16-20(21(22-2,23-3)24-4)18-17-19-14-11-10-12-15-19;1-2/h10-12,14-15,20H,5-9,13,16-18H2,1-4H3;1-2H2. The Hall–Kier alpha value is -1.16. The third-order valence-electron chi connectivity index (χ3n) is 4.88. The molecule has 1 rings (SSSR count). The SMILES string of the molecule is C=C.CCCCCCCCC(CCc1ccccc1)C(OC)(OC)OC. The number of benzene rings is 1. The summed E-state index contributed by atoms with van der Waals surface area (Å²) in [5, 5.41) is 0. The van der Waals surface area contributed by atoms with E-state index in [4.69, 9.17) is 14.2 Å². The molecule has 0 spiro atoms. The first-order chi connectivity index (χ1) is 12.7. The van der Waals surface area contributed by atoms with Crippen molar-refractivity contribution >= 4 is 0 Å². The molecule has 26 heavy (non-hydrogen) atoms. The van der Waals surface area contributed by atoms with E-state index >= 15 is 0 Å². The molecule has 0 amide bonds. The average Bonchev–Trinajstić information content (AvgIpc) is 2.71. The first kappa shape index (κ1) is 24.8. The molecule has 3 heteroatoms. The highest BCUT2D eigenvalue weighted by molar-refractivity contribution is 5.14. The van der Waals surface area contributed by atoms with Crippen LogP contribution in [0.1, 0.15) is 63.9 Å². The van der Waals surface area contributed by atoms with Crippen LogP contribution in [0, 0.1) is 5.92 Å². The maximum atomic E-state index is 5.64. The summed E-state index contributed by atoms with van der Waals surface area (Å²) in [5.74, 6) is -0.707. The van der Waals surface area contributed by atoms with Crippen molar-refractivity contribution in [1.29, 1.82) is 0 Å². The van der Waals surface area contributed by atoms with Crippen LogP contribution in [0.5, 0.6) is 0 Å². The van der Waals surface area contributed by atoms with Crippen LogP contribution in [0.4, 0.5) is 0 Å². The Labute approximate surface area is 161 Å². The predicted molar refractivity (Wildman–Crippen MR) is 111 cm³/mol. The minimum absolute atomic E-state index is 0.226. The van der Waals surface area contributed by atoms with Crippen LogP contribution < -0.4 is 0 Å². The van der Waals surface area contributed by atoms with Crippen molar-refractivity contribution in [3.63, 3.8) is 0 Å². The molecule has 0 bridgehead atoms. The first-order valence-electron chi connectivity index (χ1n) is 9.91. The van der Waals surface area contributed by atoms with Gasteiger partial charge in [-0.15, -0.1) is 13.2 Å². The molecule has 0 aliphatic heterocycles. The molecule has 1 unspecified atom stereocenters. The summed E-state index contributed by atoms with van der Waals surface area (Å²) in [4.78, 5) is 0. The molecule has 150 valence electrons. The fraction of sp³-hybridized carbons (Fsp3) is 0.652. The van der Waals surface area contributed by atoms with Gasteiger partial charge in [-0.2, -0.15) is 0 Å². The molecular formula is C23H40O3. The molecule has 0 aliphatic rings. The van der Waals surface area contributed by atoms with E-state index in [2.05, 4.69) is 50.4 Å². The molecule has 0 saturated heterocycles. The largest absolute Gasteiger partial charge is 0.331 e.